The summed E-state index contributed by atoms with van der Waals surface area (Å²) in [5.74, 6) is 0. The van der Waals surface area contributed by atoms with Crippen LogP contribution in [0.1, 0.15) is 64.2 Å². The molecule has 17 heavy (non-hydrogen) atoms. The van der Waals surface area contributed by atoms with Crippen molar-refractivity contribution in [2.75, 3.05) is 26.4 Å². The van der Waals surface area contributed by atoms with Crippen molar-refractivity contribution < 1.29 is 14.9 Å². The summed E-state index contributed by atoms with van der Waals surface area (Å²) in [5, 5.41) is 15.2. The molecule has 1 fully saturated rings. The van der Waals surface area contributed by atoms with Gasteiger partial charge in [0.05, 0.1) is 13.2 Å². The fourth-order valence-corrected chi connectivity index (χ4v) is 1.92. The fraction of sp³-hybridized carbons (Fsp3) is 1.00. The summed E-state index contributed by atoms with van der Waals surface area (Å²) in [6.45, 7) is 1.75. The van der Waals surface area contributed by atoms with Gasteiger partial charge in [0.1, 0.15) is 0 Å². The minimum Gasteiger partial charge on any atom is -0.394 e. The number of ether oxygens (including phenoxy) is 1. The molecule has 1 aliphatic rings. The van der Waals surface area contributed by atoms with E-state index in [1.165, 1.54) is 64.2 Å². The molecular formula is C14H30O3. The largest absolute Gasteiger partial charge is 0.394 e. The molecule has 0 radical (unpaired) electrons. The first-order valence-electron chi connectivity index (χ1n) is 7.21. The Kier molecular flexibility index (Phi) is 15.8. The molecule has 0 aromatic carbocycles. The van der Waals surface area contributed by atoms with Crippen LogP contribution in [0.3, 0.4) is 0 Å². The highest BCUT2D eigenvalue weighted by molar-refractivity contribution is 4.49. The van der Waals surface area contributed by atoms with Gasteiger partial charge in [-0.1, -0.05) is 51.4 Å². The minimum absolute atomic E-state index is 0.125. The van der Waals surface area contributed by atoms with Gasteiger partial charge >= 0.3 is 0 Å². The smallest absolute Gasteiger partial charge is 0.0662 e. The van der Waals surface area contributed by atoms with E-state index in [0.29, 0.717) is 0 Å². The van der Waals surface area contributed by atoms with Gasteiger partial charge in [-0.15, -0.1) is 0 Å². The van der Waals surface area contributed by atoms with Crippen LogP contribution in [-0.4, -0.2) is 36.6 Å². The van der Waals surface area contributed by atoms with Crippen LogP contribution in [0, 0.1) is 0 Å². The Balaban J connectivity index is 0.000000557. The standard InChI is InChI=1S/C12H24O.C2H6O2/c1-2-4-6-8-10-12-13-11-9-7-5-3-1;3-1-2-4/h1-12H2;3-4H,1-2H2. The number of aliphatic hydroxyl groups is 2. The van der Waals surface area contributed by atoms with Crippen molar-refractivity contribution in [3.8, 4) is 0 Å². The van der Waals surface area contributed by atoms with E-state index in [1.807, 2.05) is 0 Å². The molecule has 0 saturated carbocycles. The third kappa shape index (κ3) is 15.9. The number of aliphatic hydroxyl groups excluding tert-OH is 2. The van der Waals surface area contributed by atoms with Crippen molar-refractivity contribution in [2.24, 2.45) is 0 Å². The van der Waals surface area contributed by atoms with Gasteiger partial charge in [0.2, 0.25) is 0 Å². The summed E-state index contributed by atoms with van der Waals surface area (Å²) in [6, 6.07) is 0. The predicted molar refractivity (Wildman–Crippen MR) is 71.2 cm³/mol. The van der Waals surface area contributed by atoms with E-state index >= 15 is 0 Å². The second-order valence-electron chi connectivity index (χ2n) is 4.60. The fourth-order valence-electron chi connectivity index (χ4n) is 1.92. The van der Waals surface area contributed by atoms with Crippen molar-refractivity contribution in [1.82, 2.24) is 0 Å². The van der Waals surface area contributed by atoms with Gasteiger partial charge in [-0.3, -0.25) is 0 Å². The molecule has 1 saturated heterocycles. The summed E-state index contributed by atoms with van der Waals surface area (Å²) >= 11 is 0. The average Bonchev–Trinajstić information content (AvgIpc) is 2.40. The van der Waals surface area contributed by atoms with Crippen LogP contribution in [0.25, 0.3) is 0 Å². The molecule has 3 nitrogen and oxygen atoms in total. The van der Waals surface area contributed by atoms with E-state index < -0.39 is 0 Å². The predicted octanol–water partition coefficient (Wildman–Crippen LogP) is 2.89. The highest BCUT2D eigenvalue weighted by Gasteiger charge is 1.95. The number of rotatable bonds is 1. The normalized spacial score (nSPS) is 20.1. The van der Waals surface area contributed by atoms with Crippen LogP contribution >= 0.6 is 0 Å². The van der Waals surface area contributed by atoms with E-state index in [4.69, 9.17) is 14.9 Å². The lowest BCUT2D eigenvalue weighted by atomic mass is 10.1. The van der Waals surface area contributed by atoms with Crippen LogP contribution in [0.2, 0.25) is 0 Å². The Morgan fingerprint density at radius 1 is 0.529 bits per heavy atom. The zero-order chi connectivity index (χ0) is 12.6. The molecule has 1 aliphatic heterocycles. The quantitative estimate of drug-likeness (QED) is 0.748. The summed E-state index contributed by atoms with van der Waals surface area (Å²) in [6.07, 6.45) is 14.0. The lowest BCUT2D eigenvalue weighted by molar-refractivity contribution is 0.126. The molecule has 0 atom stereocenters. The Hall–Kier alpha value is -0.120. The van der Waals surface area contributed by atoms with Gasteiger partial charge < -0.3 is 14.9 Å². The lowest BCUT2D eigenvalue weighted by Crippen LogP contribution is -1.96. The van der Waals surface area contributed by atoms with Gasteiger partial charge in [-0.05, 0) is 12.8 Å². The molecule has 0 aromatic rings. The number of hydrogen-bond donors (Lipinski definition) is 2. The molecular weight excluding hydrogens is 216 g/mol. The van der Waals surface area contributed by atoms with Crippen LogP contribution in [0.15, 0.2) is 0 Å². The zero-order valence-corrected chi connectivity index (χ0v) is 11.2. The molecule has 0 aliphatic carbocycles. The number of hydrogen-bond acceptors (Lipinski definition) is 3. The molecule has 1 rings (SSSR count). The van der Waals surface area contributed by atoms with Crippen LogP contribution < -0.4 is 0 Å². The summed E-state index contributed by atoms with van der Waals surface area (Å²) in [4.78, 5) is 0. The van der Waals surface area contributed by atoms with E-state index in [9.17, 15) is 0 Å². The summed E-state index contributed by atoms with van der Waals surface area (Å²) < 4.78 is 5.55. The van der Waals surface area contributed by atoms with Gasteiger partial charge in [0.15, 0.2) is 0 Å². The minimum atomic E-state index is -0.125. The Morgan fingerprint density at radius 3 is 1.12 bits per heavy atom. The maximum Gasteiger partial charge on any atom is 0.0662 e. The highest BCUT2D eigenvalue weighted by Crippen LogP contribution is 2.11. The topological polar surface area (TPSA) is 49.7 Å². The summed E-state index contributed by atoms with van der Waals surface area (Å²) in [7, 11) is 0. The van der Waals surface area contributed by atoms with E-state index in [1.54, 1.807) is 0 Å². The van der Waals surface area contributed by atoms with Crippen molar-refractivity contribution in [1.29, 1.82) is 0 Å². The monoisotopic (exact) mass is 246 g/mol. The Morgan fingerprint density at radius 2 is 0.824 bits per heavy atom. The van der Waals surface area contributed by atoms with Crippen molar-refractivity contribution in [3.63, 3.8) is 0 Å². The Bertz CT molecular complexity index is 78.5. The van der Waals surface area contributed by atoms with Crippen molar-refractivity contribution in [3.05, 3.63) is 0 Å². The summed E-state index contributed by atoms with van der Waals surface area (Å²) in [5.41, 5.74) is 0. The van der Waals surface area contributed by atoms with Gasteiger partial charge in [-0.25, -0.2) is 0 Å². The van der Waals surface area contributed by atoms with E-state index in [2.05, 4.69) is 0 Å². The Labute approximate surface area is 106 Å². The van der Waals surface area contributed by atoms with Crippen molar-refractivity contribution in [2.45, 2.75) is 64.2 Å². The second kappa shape index (κ2) is 15.9. The lowest BCUT2D eigenvalue weighted by Gasteiger charge is -2.02. The third-order valence-corrected chi connectivity index (χ3v) is 2.93. The second-order valence-corrected chi connectivity index (χ2v) is 4.60. The van der Waals surface area contributed by atoms with Gasteiger partial charge in [-0.2, -0.15) is 0 Å². The molecule has 2 N–H and O–H groups in total. The van der Waals surface area contributed by atoms with Crippen LogP contribution in [0.4, 0.5) is 0 Å². The molecule has 0 aromatic heterocycles. The van der Waals surface area contributed by atoms with Gasteiger partial charge in [0.25, 0.3) is 0 Å². The maximum absolute atomic E-state index is 7.62. The molecule has 0 spiro atoms. The molecule has 0 amide bonds. The van der Waals surface area contributed by atoms with Gasteiger partial charge in [0, 0.05) is 13.2 Å². The van der Waals surface area contributed by atoms with E-state index in [-0.39, 0.29) is 13.2 Å². The SMILES string of the molecule is C1CCCCCCOCCCCC1.OCCO. The maximum atomic E-state index is 7.62. The molecule has 0 unspecified atom stereocenters. The average molecular weight is 246 g/mol. The third-order valence-electron chi connectivity index (χ3n) is 2.93. The molecule has 3 heteroatoms. The first-order chi connectivity index (χ1) is 8.41. The molecule has 104 valence electrons. The first kappa shape index (κ1) is 16.9. The van der Waals surface area contributed by atoms with Crippen LogP contribution in [0.5, 0.6) is 0 Å². The van der Waals surface area contributed by atoms with Crippen molar-refractivity contribution >= 4 is 0 Å². The zero-order valence-electron chi connectivity index (χ0n) is 11.2. The van der Waals surface area contributed by atoms with Crippen LogP contribution in [-0.2, 0) is 4.74 Å². The highest BCUT2D eigenvalue weighted by atomic mass is 16.5. The van der Waals surface area contributed by atoms with E-state index in [0.717, 1.165) is 13.2 Å². The molecule has 1 heterocycles. The molecule has 0 bridgehead atoms. The first-order valence-corrected chi connectivity index (χ1v) is 7.21.